The lowest BCUT2D eigenvalue weighted by Gasteiger charge is -2.41. The summed E-state index contributed by atoms with van der Waals surface area (Å²) in [6.45, 7) is 6.83. The van der Waals surface area contributed by atoms with E-state index in [4.69, 9.17) is 4.52 Å². The normalized spacial score (nSPS) is 22.6. The van der Waals surface area contributed by atoms with Crippen LogP contribution in [0.4, 0.5) is 11.4 Å². The van der Waals surface area contributed by atoms with E-state index in [0.29, 0.717) is 17.8 Å². The van der Waals surface area contributed by atoms with Gasteiger partial charge in [0.25, 0.3) is 7.37 Å². The third-order valence-electron chi connectivity index (χ3n) is 7.51. The molecule has 1 aliphatic rings. The van der Waals surface area contributed by atoms with Crippen LogP contribution in [-0.4, -0.2) is 20.2 Å². The largest absolute Gasteiger partial charge is 0.378 e. The van der Waals surface area contributed by atoms with Crippen molar-refractivity contribution in [1.82, 2.24) is 0 Å². The van der Waals surface area contributed by atoms with Crippen LogP contribution < -0.4 is 15.5 Å². The zero-order valence-corrected chi connectivity index (χ0v) is 23.2. The molecule has 5 atom stereocenters. The van der Waals surface area contributed by atoms with Crippen molar-refractivity contribution in [2.75, 3.05) is 24.3 Å². The van der Waals surface area contributed by atoms with Crippen LogP contribution in [0.3, 0.4) is 0 Å². The lowest BCUT2D eigenvalue weighted by atomic mass is 9.75. The second-order valence-corrected chi connectivity index (χ2v) is 13.2. The van der Waals surface area contributed by atoms with Gasteiger partial charge in [0.1, 0.15) is 5.78 Å². The smallest absolute Gasteiger partial charge is 0.258 e. The minimum atomic E-state index is -3.42. The molecule has 0 unspecified atom stereocenters. The molecule has 1 saturated carbocycles. The summed E-state index contributed by atoms with van der Waals surface area (Å²) in [4.78, 5) is 2.06. The second-order valence-electron chi connectivity index (χ2n) is 10.8. The van der Waals surface area contributed by atoms with Gasteiger partial charge in [-0.25, -0.2) is 0 Å². The Balaban J connectivity index is 1.83. The summed E-state index contributed by atoms with van der Waals surface area (Å²) < 4.78 is 22.4. The molecule has 1 fully saturated rings. The highest BCUT2D eigenvalue weighted by atomic mass is 31.2. The third-order valence-corrected chi connectivity index (χ3v) is 10.2. The third kappa shape index (κ3) is 6.05. The molecule has 5 heteroatoms. The Labute approximate surface area is 217 Å². The highest BCUT2D eigenvalue weighted by molar-refractivity contribution is 7.67. The van der Waals surface area contributed by atoms with Crippen molar-refractivity contribution in [1.29, 1.82) is 0 Å². The fraction of sp³-hybridized carbons (Fsp3) is 0.419. The van der Waals surface area contributed by atoms with E-state index in [1.54, 1.807) is 0 Å². The van der Waals surface area contributed by atoms with Gasteiger partial charge in [-0.2, -0.15) is 0 Å². The van der Waals surface area contributed by atoms with Crippen LogP contribution in [0.25, 0.3) is 0 Å². The van der Waals surface area contributed by atoms with E-state index in [1.807, 2.05) is 99.0 Å². The van der Waals surface area contributed by atoms with Gasteiger partial charge >= 0.3 is 0 Å². The van der Waals surface area contributed by atoms with Crippen LogP contribution in [-0.2, 0) is 9.09 Å². The maximum atomic E-state index is 15.4. The molecule has 0 spiro atoms. The average molecular weight is 505 g/mol. The zero-order chi connectivity index (χ0) is 25.7. The number of hydrogen-bond acceptors (Lipinski definition) is 4. The van der Waals surface area contributed by atoms with Crippen molar-refractivity contribution in [3.05, 3.63) is 90.5 Å². The number of anilines is 2. The molecule has 0 aliphatic heterocycles. The zero-order valence-electron chi connectivity index (χ0n) is 22.3. The van der Waals surface area contributed by atoms with Crippen LogP contribution in [0, 0.1) is 17.8 Å². The van der Waals surface area contributed by atoms with Gasteiger partial charge in [-0.15, -0.1) is 0 Å². The minimum Gasteiger partial charge on any atom is -0.378 e. The van der Waals surface area contributed by atoms with Crippen molar-refractivity contribution in [3.8, 4) is 0 Å². The first-order chi connectivity index (χ1) is 17.3. The lowest BCUT2D eigenvalue weighted by Crippen LogP contribution is -2.35. The first-order valence-electron chi connectivity index (χ1n) is 13.2. The lowest BCUT2D eigenvalue weighted by molar-refractivity contribution is 0.0489. The molecule has 1 N–H and O–H groups in total. The predicted octanol–water partition coefficient (Wildman–Crippen LogP) is 7.94. The molecule has 4 rings (SSSR count). The number of hydrogen-bond donors (Lipinski definition) is 1. The van der Waals surface area contributed by atoms with Gasteiger partial charge in [0.05, 0.1) is 6.10 Å². The molecule has 0 bridgehead atoms. The molecule has 0 heterocycles. The molecular weight excluding hydrogens is 463 g/mol. The Hall–Kier alpha value is -2.55. The van der Waals surface area contributed by atoms with E-state index in [2.05, 4.69) is 31.0 Å². The number of benzene rings is 3. The Morgan fingerprint density at radius 2 is 1.50 bits per heavy atom. The van der Waals surface area contributed by atoms with Gasteiger partial charge < -0.3 is 14.7 Å². The van der Waals surface area contributed by atoms with Gasteiger partial charge in [-0.1, -0.05) is 75.7 Å². The maximum absolute atomic E-state index is 15.4. The van der Waals surface area contributed by atoms with Crippen LogP contribution in [0.5, 0.6) is 0 Å². The maximum Gasteiger partial charge on any atom is 0.258 e. The molecular formula is C31H41N2O2P. The molecule has 3 aromatic rings. The first-order valence-corrected chi connectivity index (χ1v) is 14.9. The number of nitrogens with zero attached hydrogens (tertiary/aromatic N) is 1. The van der Waals surface area contributed by atoms with Crippen molar-refractivity contribution in [2.24, 2.45) is 17.8 Å². The van der Waals surface area contributed by atoms with Crippen LogP contribution in [0.2, 0.25) is 0 Å². The van der Waals surface area contributed by atoms with Crippen LogP contribution in [0.1, 0.15) is 51.4 Å². The predicted molar refractivity (Wildman–Crippen MR) is 153 cm³/mol. The van der Waals surface area contributed by atoms with E-state index in [0.717, 1.165) is 35.1 Å². The first kappa shape index (κ1) is 26.5. The summed E-state index contributed by atoms with van der Waals surface area (Å²) in [5, 5.41) is 4.37. The highest BCUT2D eigenvalue weighted by Crippen LogP contribution is 2.61. The summed E-state index contributed by atoms with van der Waals surface area (Å²) in [7, 11) is 0.618. The molecule has 0 amide bonds. The topological polar surface area (TPSA) is 41.6 Å². The van der Waals surface area contributed by atoms with Crippen molar-refractivity contribution in [3.63, 3.8) is 0 Å². The van der Waals surface area contributed by atoms with E-state index in [-0.39, 0.29) is 6.10 Å². The summed E-state index contributed by atoms with van der Waals surface area (Å²) in [6, 6.07) is 28.2. The van der Waals surface area contributed by atoms with Crippen LogP contribution >= 0.6 is 7.37 Å². The van der Waals surface area contributed by atoms with Gasteiger partial charge in [-0.3, -0.25) is 4.57 Å². The quantitative estimate of drug-likeness (QED) is 0.300. The summed E-state index contributed by atoms with van der Waals surface area (Å²) in [6.07, 6.45) is 3.21. The van der Waals surface area contributed by atoms with E-state index < -0.39 is 13.2 Å². The minimum absolute atomic E-state index is 0.0445. The average Bonchev–Trinajstić information content (AvgIpc) is 2.88. The van der Waals surface area contributed by atoms with Crippen molar-refractivity contribution in [2.45, 2.75) is 51.9 Å². The molecule has 0 saturated heterocycles. The number of rotatable bonds is 9. The summed E-state index contributed by atoms with van der Waals surface area (Å²) >= 11 is 0. The van der Waals surface area contributed by atoms with Gasteiger partial charge in [0.15, 0.2) is 0 Å². The number of para-hydroxylation sites is 1. The van der Waals surface area contributed by atoms with Gasteiger partial charge in [0.2, 0.25) is 0 Å². The van der Waals surface area contributed by atoms with Crippen molar-refractivity contribution >= 4 is 24.0 Å². The Bertz CT molecular complexity index is 1130. The summed E-state index contributed by atoms with van der Waals surface area (Å²) in [5.74, 6) is 0.927. The molecule has 3 aromatic carbocycles. The Morgan fingerprint density at radius 3 is 2.08 bits per heavy atom. The fourth-order valence-electron chi connectivity index (χ4n) is 5.36. The molecule has 0 radical (unpaired) electrons. The fourth-order valence-corrected chi connectivity index (χ4v) is 7.99. The van der Waals surface area contributed by atoms with E-state index in [9.17, 15) is 0 Å². The SMILES string of the molecule is CC(C)[C@H]1CC[C@H](C)C[C@H]1O[P@](=O)(c1ccc(N(C)C)cc1)[C@H](Nc1ccccc1)c1ccccc1. The van der Waals surface area contributed by atoms with E-state index in [1.165, 1.54) is 6.42 Å². The molecule has 4 nitrogen and oxygen atoms in total. The molecule has 0 aromatic heterocycles. The Kier molecular flexibility index (Phi) is 8.59. The van der Waals surface area contributed by atoms with Crippen LogP contribution in [0.15, 0.2) is 84.9 Å². The Morgan fingerprint density at radius 1 is 0.889 bits per heavy atom. The van der Waals surface area contributed by atoms with Gasteiger partial charge in [-0.05, 0) is 72.6 Å². The van der Waals surface area contributed by atoms with Crippen molar-refractivity contribution < 1.29 is 9.09 Å². The highest BCUT2D eigenvalue weighted by Gasteiger charge is 2.43. The monoisotopic (exact) mass is 504 g/mol. The number of nitrogens with one attached hydrogen (secondary N) is 1. The molecule has 1 aliphatic carbocycles. The molecule has 36 heavy (non-hydrogen) atoms. The standard InChI is InChI=1S/C31H41N2O2P/c1-23(2)29-21-16-24(3)22-30(29)35-36(34,28-19-17-27(18-20-28)33(4)5)31(25-12-8-6-9-13-25)32-26-14-10-7-11-15-26/h6-15,17-20,23-24,29-32H,16,21-22H2,1-5H3/t24-,29+,30+,31-,36+/m0/s1. The molecule has 192 valence electrons. The second kappa shape index (κ2) is 11.7. The van der Waals surface area contributed by atoms with E-state index >= 15 is 4.57 Å². The summed E-state index contributed by atoms with van der Waals surface area (Å²) in [5.41, 5.74) is 2.97. The van der Waals surface area contributed by atoms with Gasteiger partial charge in [0, 0.05) is 30.8 Å².